The van der Waals surface area contributed by atoms with Crippen LogP contribution in [-0.2, 0) is 4.79 Å². The highest BCUT2D eigenvalue weighted by Crippen LogP contribution is 2.36. The van der Waals surface area contributed by atoms with Gasteiger partial charge in [-0.1, -0.05) is 20.8 Å². The first kappa shape index (κ1) is 15.4. The predicted molar refractivity (Wildman–Crippen MR) is 78.2 cm³/mol. The Hall–Kier alpha value is -0.660. The summed E-state index contributed by atoms with van der Waals surface area (Å²) in [6.45, 7) is 11.2. The maximum Gasteiger partial charge on any atom is 0.157 e. The zero-order chi connectivity index (χ0) is 13.8. The first-order chi connectivity index (χ1) is 8.28. The van der Waals surface area contributed by atoms with Crippen molar-refractivity contribution < 1.29 is 4.79 Å². The number of nitrogens with zero attached hydrogens (tertiary/aromatic N) is 1. The lowest BCUT2D eigenvalue weighted by molar-refractivity contribution is -0.122. The summed E-state index contributed by atoms with van der Waals surface area (Å²) in [5.41, 5.74) is 1.43. The van der Waals surface area contributed by atoms with Crippen LogP contribution in [0.25, 0.3) is 0 Å². The zero-order valence-electron chi connectivity index (χ0n) is 12.8. The number of carbonyl (C=O) groups excluding carboxylic acids is 1. The third kappa shape index (κ3) is 5.79. The molecule has 1 aliphatic carbocycles. The highest BCUT2D eigenvalue weighted by atomic mass is 16.1. The Morgan fingerprint density at radius 2 is 1.67 bits per heavy atom. The van der Waals surface area contributed by atoms with Crippen LogP contribution in [0.4, 0.5) is 0 Å². The molecule has 0 aromatic rings. The van der Waals surface area contributed by atoms with Gasteiger partial charge >= 0.3 is 0 Å². The lowest BCUT2D eigenvalue weighted by Gasteiger charge is -2.31. The van der Waals surface area contributed by atoms with E-state index in [2.05, 4.69) is 25.8 Å². The molecule has 0 heterocycles. The molecule has 0 aliphatic heterocycles. The van der Waals surface area contributed by atoms with Crippen LogP contribution < -0.4 is 0 Å². The molecule has 18 heavy (non-hydrogen) atoms. The molecule has 1 aliphatic rings. The number of aliphatic imine (C=N–C) groups is 1. The van der Waals surface area contributed by atoms with E-state index >= 15 is 0 Å². The van der Waals surface area contributed by atoms with Crippen molar-refractivity contribution in [2.45, 2.75) is 66.7 Å². The van der Waals surface area contributed by atoms with Gasteiger partial charge in [-0.2, -0.15) is 0 Å². The topological polar surface area (TPSA) is 29.4 Å². The molecule has 0 aromatic heterocycles. The maximum atomic E-state index is 12.0. The van der Waals surface area contributed by atoms with Crippen molar-refractivity contribution in [3.8, 4) is 0 Å². The average molecular weight is 251 g/mol. The van der Waals surface area contributed by atoms with E-state index in [4.69, 9.17) is 0 Å². The van der Waals surface area contributed by atoms with E-state index < -0.39 is 0 Å². The monoisotopic (exact) mass is 251 g/mol. The molecule has 1 fully saturated rings. The van der Waals surface area contributed by atoms with Crippen molar-refractivity contribution in [3.63, 3.8) is 0 Å². The molecule has 1 saturated carbocycles. The van der Waals surface area contributed by atoms with E-state index in [0.29, 0.717) is 17.7 Å². The standard InChI is InChI=1S/C16H29NO/c1-12(2)17-11-15(18)14-8-6-13(7-9-14)10-16(3,4)5/h13-14H,6-11H2,1-5H3. The van der Waals surface area contributed by atoms with E-state index in [1.165, 1.54) is 19.3 Å². The Bertz CT molecular complexity index is 300. The normalized spacial score (nSPS) is 24.7. The van der Waals surface area contributed by atoms with Crippen LogP contribution in [0.1, 0.15) is 66.7 Å². The van der Waals surface area contributed by atoms with Crippen LogP contribution in [-0.4, -0.2) is 18.0 Å². The molecule has 104 valence electrons. The number of rotatable bonds is 4. The summed E-state index contributed by atoms with van der Waals surface area (Å²) in [5, 5.41) is 0. The first-order valence-corrected chi connectivity index (χ1v) is 7.28. The second-order valence-electron chi connectivity index (χ2n) is 7.21. The molecule has 0 atom stereocenters. The average Bonchev–Trinajstić information content (AvgIpc) is 2.24. The fraction of sp³-hybridized carbons (Fsp3) is 0.875. The molecule has 2 heteroatoms. The third-order valence-electron chi connectivity index (χ3n) is 3.75. The zero-order valence-corrected chi connectivity index (χ0v) is 12.8. The molecule has 0 N–H and O–H groups in total. The largest absolute Gasteiger partial charge is 0.297 e. The number of hydrogen-bond acceptors (Lipinski definition) is 2. The molecular weight excluding hydrogens is 222 g/mol. The fourth-order valence-electron chi connectivity index (χ4n) is 2.92. The number of hydrogen-bond donors (Lipinski definition) is 0. The molecule has 0 bridgehead atoms. The Morgan fingerprint density at radius 1 is 1.11 bits per heavy atom. The van der Waals surface area contributed by atoms with Gasteiger partial charge in [-0.05, 0) is 57.3 Å². The van der Waals surface area contributed by atoms with Crippen LogP contribution in [0.2, 0.25) is 0 Å². The van der Waals surface area contributed by atoms with Crippen molar-refractivity contribution in [3.05, 3.63) is 0 Å². The third-order valence-corrected chi connectivity index (χ3v) is 3.75. The summed E-state index contributed by atoms with van der Waals surface area (Å²) in [4.78, 5) is 16.2. The van der Waals surface area contributed by atoms with Crippen molar-refractivity contribution in [1.29, 1.82) is 0 Å². The second kappa shape index (κ2) is 6.49. The Kier molecular flexibility index (Phi) is 5.55. The van der Waals surface area contributed by atoms with E-state index in [0.717, 1.165) is 24.5 Å². The van der Waals surface area contributed by atoms with E-state index in [1.807, 2.05) is 13.8 Å². The number of carbonyl (C=O) groups is 1. The van der Waals surface area contributed by atoms with Gasteiger partial charge in [0.15, 0.2) is 5.78 Å². The fourth-order valence-corrected chi connectivity index (χ4v) is 2.92. The minimum Gasteiger partial charge on any atom is -0.297 e. The summed E-state index contributed by atoms with van der Waals surface area (Å²) in [6, 6.07) is 0. The molecule has 1 rings (SSSR count). The first-order valence-electron chi connectivity index (χ1n) is 7.28. The Morgan fingerprint density at radius 3 is 2.11 bits per heavy atom. The highest BCUT2D eigenvalue weighted by Gasteiger charge is 2.28. The predicted octanol–water partition coefficient (Wildman–Crippen LogP) is 4.28. The summed E-state index contributed by atoms with van der Waals surface area (Å²) in [7, 11) is 0. The molecule has 0 amide bonds. The number of ketones is 1. The van der Waals surface area contributed by atoms with Crippen LogP contribution >= 0.6 is 0 Å². The SMILES string of the molecule is CC(C)=NCC(=O)C1CCC(CC(C)(C)C)CC1. The maximum absolute atomic E-state index is 12.0. The quantitative estimate of drug-likeness (QED) is 0.686. The molecule has 0 radical (unpaired) electrons. The van der Waals surface area contributed by atoms with E-state index in [-0.39, 0.29) is 5.92 Å². The smallest absolute Gasteiger partial charge is 0.157 e. The summed E-state index contributed by atoms with van der Waals surface area (Å²) < 4.78 is 0. The van der Waals surface area contributed by atoms with Crippen molar-refractivity contribution >= 4 is 11.5 Å². The van der Waals surface area contributed by atoms with E-state index in [1.54, 1.807) is 0 Å². The lowest BCUT2D eigenvalue weighted by Crippen LogP contribution is -2.25. The van der Waals surface area contributed by atoms with Crippen LogP contribution in [0, 0.1) is 17.3 Å². The molecule has 0 aromatic carbocycles. The van der Waals surface area contributed by atoms with Gasteiger partial charge in [0.2, 0.25) is 0 Å². The Balaban J connectivity index is 2.35. The van der Waals surface area contributed by atoms with Crippen molar-refractivity contribution in [1.82, 2.24) is 0 Å². The summed E-state index contributed by atoms with van der Waals surface area (Å²) in [5.74, 6) is 1.46. The molecule has 2 nitrogen and oxygen atoms in total. The van der Waals surface area contributed by atoms with Gasteiger partial charge in [-0.25, -0.2) is 0 Å². The molecule has 0 unspecified atom stereocenters. The second-order valence-corrected chi connectivity index (χ2v) is 7.21. The van der Waals surface area contributed by atoms with E-state index in [9.17, 15) is 4.79 Å². The van der Waals surface area contributed by atoms with Gasteiger partial charge in [0, 0.05) is 11.6 Å². The van der Waals surface area contributed by atoms with Crippen LogP contribution in [0.3, 0.4) is 0 Å². The Labute approximate surface area is 112 Å². The number of Topliss-reactive ketones (excluding diaryl/α,β-unsaturated/α-hetero) is 1. The van der Waals surface area contributed by atoms with Gasteiger partial charge in [0.05, 0.1) is 6.54 Å². The van der Waals surface area contributed by atoms with Gasteiger partial charge < -0.3 is 0 Å². The minimum absolute atomic E-state index is 0.282. The van der Waals surface area contributed by atoms with Gasteiger partial charge in [0.1, 0.15) is 0 Å². The molecule has 0 saturated heterocycles. The minimum atomic E-state index is 0.282. The van der Waals surface area contributed by atoms with Gasteiger partial charge in [-0.3, -0.25) is 9.79 Å². The van der Waals surface area contributed by atoms with Gasteiger partial charge in [-0.15, -0.1) is 0 Å². The van der Waals surface area contributed by atoms with Crippen molar-refractivity contribution in [2.75, 3.05) is 6.54 Å². The summed E-state index contributed by atoms with van der Waals surface area (Å²) >= 11 is 0. The van der Waals surface area contributed by atoms with Crippen LogP contribution in [0.15, 0.2) is 4.99 Å². The van der Waals surface area contributed by atoms with Gasteiger partial charge in [0.25, 0.3) is 0 Å². The molecule has 0 spiro atoms. The highest BCUT2D eigenvalue weighted by molar-refractivity contribution is 5.87. The molecular formula is C16H29NO. The lowest BCUT2D eigenvalue weighted by atomic mass is 9.74. The van der Waals surface area contributed by atoms with Crippen molar-refractivity contribution in [2.24, 2.45) is 22.2 Å². The summed E-state index contributed by atoms with van der Waals surface area (Å²) in [6.07, 6.45) is 5.90. The van der Waals surface area contributed by atoms with Crippen LogP contribution in [0.5, 0.6) is 0 Å².